The smallest absolute Gasteiger partial charge is 0.223 e. The summed E-state index contributed by atoms with van der Waals surface area (Å²) in [4.78, 5) is 17.3. The molecule has 0 spiro atoms. The molecule has 6 heteroatoms. The summed E-state index contributed by atoms with van der Waals surface area (Å²) >= 11 is 0. The fraction of sp³-hybridized carbons (Fsp3) is 0.636. The zero-order chi connectivity index (χ0) is 20.3. The first-order valence-electron chi connectivity index (χ1n) is 10.4. The quantitative estimate of drug-likeness (QED) is 0.706. The highest BCUT2D eigenvalue weighted by molar-refractivity contribution is 5.87. The van der Waals surface area contributed by atoms with Crippen molar-refractivity contribution in [3.63, 3.8) is 0 Å². The molecule has 3 N–H and O–H groups in total. The molecular formula is C22H34N4O2. The van der Waals surface area contributed by atoms with E-state index in [1.54, 1.807) is 0 Å². The summed E-state index contributed by atoms with van der Waals surface area (Å²) in [6, 6.07) is 8.62. The Hall–Kier alpha value is -2.08. The zero-order valence-electron chi connectivity index (χ0n) is 17.4. The molecule has 3 aliphatic heterocycles. The van der Waals surface area contributed by atoms with Gasteiger partial charge in [0, 0.05) is 44.0 Å². The molecular weight excluding hydrogens is 352 g/mol. The molecule has 154 valence electrons. The Labute approximate surface area is 168 Å². The van der Waals surface area contributed by atoms with E-state index in [0.29, 0.717) is 31.1 Å². The van der Waals surface area contributed by atoms with Gasteiger partial charge in [-0.15, -0.1) is 0 Å². The van der Waals surface area contributed by atoms with Gasteiger partial charge in [-0.2, -0.15) is 0 Å². The van der Waals surface area contributed by atoms with Crippen molar-refractivity contribution < 1.29 is 9.53 Å². The van der Waals surface area contributed by atoms with E-state index in [0.717, 1.165) is 31.8 Å². The number of rotatable bonds is 7. The zero-order valence-corrected chi connectivity index (χ0v) is 17.4. The summed E-state index contributed by atoms with van der Waals surface area (Å²) in [5.74, 6) is 1.50. The van der Waals surface area contributed by atoms with Gasteiger partial charge in [-0.05, 0) is 55.4 Å². The largest absolute Gasteiger partial charge is 0.494 e. The summed E-state index contributed by atoms with van der Waals surface area (Å²) in [6.07, 6.45) is 1.99. The predicted molar refractivity (Wildman–Crippen MR) is 113 cm³/mol. The number of hydrogen-bond donors (Lipinski definition) is 2. The number of carbonyl (C=O) groups excluding carboxylic acids is 1. The number of fused-ring (bicyclic) bond motifs is 4. The van der Waals surface area contributed by atoms with E-state index in [2.05, 4.69) is 30.9 Å². The van der Waals surface area contributed by atoms with Crippen LogP contribution in [-0.2, 0) is 4.79 Å². The van der Waals surface area contributed by atoms with Gasteiger partial charge in [-0.25, -0.2) is 0 Å². The SMILES string of the molecule is CCOc1ccc(N2CC3CN(C(=O)CCC(=N)CN)CC2C(C)(C)C3)cc1. The molecule has 0 aliphatic carbocycles. The van der Waals surface area contributed by atoms with Gasteiger partial charge in [-0.3, -0.25) is 4.79 Å². The van der Waals surface area contributed by atoms with Crippen LogP contribution in [0.5, 0.6) is 5.75 Å². The lowest BCUT2D eigenvalue weighted by molar-refractivity contribution is -0.131. The number of anilines is 1. The first-order chi connectivity index (χ1) is 13.3. The molecule has 3 fully saturated rings. The molecule has 0 aromatic heterocycles. The number of benzene rings is 1. The van der Waals surface area contributed by atoms with Crippen LogP contribution < -0.4 is 15.4 Å². The monoisotopic (exact) mass is 386 g/mol. The average Bonchev–Trinajstić information content (AvgIpc) is 2.93. The van der Waals surface area contributed by atoms with Crippen molar-refractivity contribution in [1.82, 2.24) is 4.90 Å². The van der Waals surface area contributed by atoms with Crippen LogP contribution in [-0.4, -0.2) is 55.3 Å². The van der Waals surface area contributed by atoms with Gasteiger partial charge in [0.2, 0.25) is 5.91 Å². The molecule has 3 saturated heterocycles. The van der Waals surface area contributed by atoms with E-state index in [9.17, 15) is 4.79 Å². The van der Waals surface area contributed by atoms with Crippen LogP contribution in [0.1, 0.15) is 40.0 Å². The van der Waals surface area contributed by atoms with Crippen LogP contribution in [0.15, 0.2) is 24.3 Å². The van der Waals surface area contributed by atoms with E-state index in [-0.39, 0.29) is 23.9 Å². The molecule has 2 unspecified atom stereocenters. The topological polar surface area (TPSA) is 82.7 Å². The standard InChI is InChI=1S/C22H34N4O2/c1-4-28-19-8-6-18(7-9-19)26-14-16-11-22(2,3)20(26)15-25(13-16)21(27)10-5-17(24)12-23/h6-9,16,20,24H,4-5,10-15,23H2,1-3H3. The lowest BCUT2D eigenvalue weighted by Gasteiger charge is -2.48. The highest BCUT2D eigenvalue weighted by atomic mass is 16.5. The maximum absolute atomic E-state index is 12.8. The van der Waals surface area contributed by atoms with Crippen molar-refractivity contribution >= 4 is 17.3 Å². The van der Waals surface area contributed by atoms with Crippen LogP contribution >= 0.6 is 0 Å². The minimum atomic E-state index is 0.139. The van der Waals surface area contributed by atoms with E-state index < -0.39 is 0 Å². The molecule has 1 amide bonds. The summed E-state index contributed by atoms with van der Waals surface area (Å²) < 4.78 is 5.58. The first kappa shape index (κ1) is 20.6. The molecule has 6 nitrogen and oxygen atoms in total. The van der Waals surface area contributed by atoms with Gasteiger partial charge in [0.05, 0.1) is 12.6 Å². The van der Waals surface area contributed by atoms with Crippen LogP contribution in [0, 0.1) is 16.7 Å². The van der Waals surface area contributed by atoms with Crippen molar-refractivity contribution in [3.05, 3.63) is 24.3 Å². The lowest BCUT2D eigenvalue weighted by atomic mass is 9.73. The number of nitrogens with one attached hydrogen (secondary N) is 1. The lowest BCUT2D eigenvalue weighted by Crippen LogP contribution is -2.54. The third-order valence-electron chi connectivity index (χ3n) is 6.14. The van der Waals surface area contributed by atoms with E-state index in [1.807, 2.05) is 24.0 Å². The van der Waals surface area contributed by atoms with Crippen LogP contribution in [0.2, 0.25) is 0 Å². The van der Waals surface area contributed by atoms with Crippen LogP contribution in [0.3, 0.4) is 0 Å². The first-order valence-corrected chi connectivity index (χ1v) is 10.4. The Kier molecular flexibility index (Phi) is 6.28. The van der Waals surface area contributed by atoms with Crippen molar-refractivity contribution in [3.8, 4) is 5.75 Å². The van der Waals surface area contributed by atoms with Crippen molar-refractivity contribution in [2.24, 2.45) is 17.1 Å². The summed E-state index contributed by atoms with van der Waals surface area (Å²) in [7, 11) is 0. The summed E-state index contributed by atoms with van der Waals surface area (Å²) in [5.41, 5.74) is 7.28. The van der Waals surface area contributed by atoms with Gasteiger partial charge in [-0.1, -0.05) is 13.8 Å². The van der Waals surface area contributed by atoms with Gasteiger partial charge in [0.1, 0.15) is 5.75 Å². The fourth-order valence-electron chi connectivity index (χ4n) is 4.74. The highest BCUT2D eigenvalue weighted by Crippen LogP contribution is 2.43. The Morgan fingerprint density at radius 2 is 1.93 bits per heavy atom. The second-order valence-corrected chi connectivity index (χ2v) is 8.76. The Morgan fingerprint density at radius 3 is 2.57 bits per heavy atom. The molecule has 2 bridgehead atoms. The van der Waals surface area contributed by atoms with Gasteiger partial charge in [0.15, 0.2) is 0 Å². The molecule has 28 heavy (non-hydrogen) atoms. The number of amides is 1. The summed E-state index contributed by atoms with van der Waals surface area (Å²) in [5, 5.41) is 7.72. The molecule has 1 aromatic carbocycles. The fourth-order valence-corrected chi connectivity index (χ4v) is 4.74. The Morgan fingerprint density at radius 1 is 1.21 bits per heavy atom. The molecule has 2 atom stereocenters. The number of ether oxygens (including phenoxy) is 1. The minimum Gasteiger partial charge on any atom is -0.494 e. The van der Waals surface area contributed by atoms with Crippen molar-refractivity contribution in [2.45, 2.75) is 46.1 Å². The highest BCUT2D eigenvalue weighted by Gasteiger charge is 2.46. The number of nitrogens with zero attached hydrogens (tertiary/aromatic N) is 2. The van der Waals surface area contributed by atoms with E-state index in [1.165, 1.54) is 5.69 Å². The Balaban J connectivity index is 1.77. The maximum Gasteiger partial charge on any atom is 0.223 e. The van der Waals surface area contributed by atoms with Crippen molar-refractivity contribution in [2.75, 3.05) is 37.7 Å². The number of nitrogens with two attached hydrogens (primary N) is 1. The number of carbonyl (C=O) groups is 1. The molecule has 3 aliphatic rings. The third kappa shape index (κ3) is 4.49. The summed E-state index contributed by atoms with van der Waals surface area (Å²) in [6.45, 7) is 10.1. The van der Waals surface area contributed by atoms with Crippen molar-refractivity contribution in [1.29, 1.82) is 5.41 Å². The molecule has 4 rings (SSSR count). The van der Waals surface area contributed by atoms with E-state index >= 15 is 0 Å². The molecule has 0 radical (unpaired) electrons. The second-order valence-electron chi connectivity index (χ2n) is 8.76. The van der Waals surface area contributed by atoms with Gasteiger partial charge in [0.25, 0.3) is 0 Å². The molecule has 3 heterocycles. The van der Waals surface area contributed by atoms with Crippen LogP contribution in [0.4, 0.5) is 5.69 Å². The predicted octanol–water partition coefficient (Wildman–Crippen LogP) is 2.91. The minimum absolute atomic E-state index is 0.139. The number of hydrogen-bond acceptors (Lipinski definition) is 5. The maximum atomic E-state index is 12.8. The third-order valence-corrected chi connectivity index (χ3v) is 6.14. The molecule has 0 saturated carbocycles. The van der Waals surface area contributed by atoms with Crippen LogP contribution in [0.25, 0.3) is 0 Å². The normalized spacial score (nSPS) is 23.4. The average molecular weight is 387 g/mol. The second kappa shape index (κ2) is 8.52. The molecule has 1 aromatic rings. The van der Waals surface area contributed by atoms with Gasteiger partial charge < -0.3 is 25.7 Å². The number of piperidine rings is 1. The van der Waals surface area contributed by atoms with Gasteiger partial charge >= 0.3 is 0 Å². The van der Waals surface area contributed by atoms with E-state index in [4.69, 9.17) is 15.9 Å². The Bertz CT molecular complexity index is 701.